The molecule has 3 rings (SSSR count). The van der Waals surface area contributed by atoms with Gasteiger partial charge in [0.25, 0.3) is 5.89 Å². The number of pyridine rings is 1. The van der Waals surface area contributed by atoms with Crippen LogP contribution in [0.2, 0.25) is 0 Å². The summed E-state index contributed by atoms with van der Waals surface area (Å²) in [4.78, 5) is 8.35. The van der Waals surface area contributed by atoms with E-state index >= 15 is 0 Å². The van der Waals surface area contributed by atoms with E-state index in [9.17, 15) is 5.11 Å². The lowest BCUT2D eigenvalue weighted by atomic mass is 10.1. The van der Waals surface area contributed by atoms with Crippen molar-refractivity contribution >= 4 is 5.57 Å². The Morgan fingerprint density at radius 2 is 1.86 bits per heavy atom. The zero-order valence-electron chi connectivity index (χ0n) is 11.2. The molecular weight excluding hydrogens is 266 g/mol. The van der Waals surface area contributed by atoms with Gasteiger partial charge in [-0.1, -0.05) is 48.1 Å². The Morgan fingerprint density at radius 1 is 1.10 bits per heavy atom. The zero-order chi connectivity index (χ0) is 14.7. The van der Waals surface area contributed by atoms with Crippen molar-refractivity contribution in [2.45, 2.75) is 6.10 Å². The molecule has 1 unspecified atom stereocenters. The number of nitrogens with zero attached hydrogens (tertiary/aromatic N) is 3. The lowest BCUT2D eigenvalue weighted by molar-refractivity contribution is 0.228. The minimum absolute atomic E-state index is 0.201. The van der Waals surface area contributed by atoms with Gasteiger partial charge in [-0.05, 0) is 12.1 Å². The highest BCUT2D eigenvalue weighted by molar-refractivity contribution is 5.63. The first-order chi connectivity index (χ1) is 10.3. The first-order valence-electron chi connectivity index (χ1n) is 6.43. The van der Waals surface area contributed by atoms with Gasteiger partial charge in [-0.25, -0.2) is 0 Å². The minimum atomic E-state index is -0.977. The van der Waals surface area contributed by atoms with Gasteiger partial charge in [0.2, 0.25) is 5.82 Å². The van der Waals surface area contributed by atoms with Crippen molar-refractivity contribution in [3.05, 3.63) is 72.9 Å². The Kier molecular flexibility index (Phi) is 3.57. The van der Waals surface area contributed by atoms with Crippen LogP contribution in [-0.2, 0) is 0 Å². The van der Waals surface area contributed by atoms with Crippen LogP contribution >= 0.6 is 0 Å². The lowest BCUT2D eigenvalue weighted by Crippen LogP contribution is -2.02. The monoisotopic (exact) mass is 279 g/mol. The second-order valence-corrected chi connectivity index (χ2v) is 4.47. The van der Waals surface area contributed by atoms with Gasteiger partial charge in [-0.15, -0.1) is 0 Å². The summed E-state index contributed by atoms with van der Waals surface area (Å²) < 4.78 is 5.18. The molecule has 0 saturated carbocycles. The highest BCUT2D eigenvalue weighted by Crippen LogP contribution is 2.27. The molecule has 1 atom stereocenters. The molecule has 0 aliphatic rings. The Labute approximate surface area is 121 Å². The van der Waals surface area contributed by atoms with Gasteiger partial charge in [-0.3, -0.25) is 4.98 Å². The fraction of sp³-hybridized carbons (Fsp3) is 0.0625. The standard InChI is InChI=1S/C16H13N3O2/c1-11(14(20)13-9-5-6-10-17-13)16-18-15(19-21-16)12-7-3-2-4-8-12/h2-10,14,20H,1H2. The second kappa shape index (κ2) is 5.68. The molecule has 104 valence electrons. The molecule has 2 heterocycles. The van der Waals surface area contributed by atoms with Gasteiger partial charge >= 0.3 is 0 Å². The van der Waals surface area contributed by atoms with E-state index in [-0.39, 0.29) is 5.89 Å². The summed E-state index contributed by atoms with van der Waals surface area (Å²) in [6.45, 7) is 3.82. The molecule has 0 saturated heterocycles. The molecule has 5 heteroatoms. The van der Waals surface area contributed by atoms with Gasteiger partial charge in [0.15, 0.2) is 0 Å². The van der Waals surface area contributed by atoms with E-state index in [4.69, 9.17) is 4.52 Å². The van der Waals surface area contributed by atoms with Crippen LogP contribution in [-0.4, -0.2) is 20.2 Å². The van der Waals surface area contributed by atoms with Crippen molar-refractivity contribution in [1.82, 2.24) is 15.1 Å². The summed E-state index contributed by atoms with van der Waals surface area (Å²) in [7, 11) is 0. The van der Waals surface area contributed by atoms with Crippen molar-refractivity contribution in [2.24, 2.45) is 0 Å². The second-order valence-electron chi connectivity index (χ2n) is 4.47. The molecule has 0 bridgehead atoms. The van der Waals surface area contributed by atoms with Gasteiger partial charge in [-0.2, -0.15) is 4.98 Å². The van der Waals surface area contributed by atoms with Crippen LogP contribution in [0, 0.1) is 0 Å². The summed E-state index contributed by atoms with van der Waals surface area (Å²) in [5.41, 5.74) is 1.65. The fourth-order valence-electron chi connectivity index (χ4n) is 1.89. The van der Waals surface area contributed by atoms with E-state index in [2.05, 4.69) is 21.7 Å². The van der Waals surface area contributed by atoms with E-state index in [1.807, 2.05) is 30.3 Å². The van der Waals surface area contributed by atoms with Gasteiger partial charge in [0, 0.05) is 17.3 Å². The molecule has 0 fully saturated rings. The van der Waals surface area contributed by atoms with Crippen molar-refractivity contribution < 1.29 is 9.63 Å². The average Bonchev–Trinajstić information content (AvgIpc) is 3.05. The summed E-state index contributed by atoms with van der Waals surface area (Å²) >= 11 is 0. The molecule has 0 amide bonds. The van der Waals surface area contributed by atoms with E-state index < -0.39 is 6.10 Å². The summed E-state index contributed by atoms with van der Waals surface area (Å²) in [5.74, 6) is 0.659. The third kappa shape index (κ3) is 2.73. The normalized spacial score (nSPS) is 12.0. The predicted octanol–water partition coefficient (Wildman–Crippen LogP) is 2.88. The van der Waals surface area contributed by atoms with E-state index in [0.717, 1.165) is 5.56 Å². The number of hydrogen-bond donors (Lipinski definition) is 1. The maximum Gasteiger partial charge on any atom is 0.256 e. The maximum absolute atomic E-state index is 10.2. The van der Waals surface area contributed by atoms with Crippen LogP contribution in [0.3, 0.4) is 0 Å². The lowest BCUT2D eigenvalue weighted by Gasteiger charge is -2.09. The minimum Gasteiger partial charge on any atom is -0.382 e. The van der Waals surface area contributed by atoms with Crippen LogP contribution in [0.1, 0.15) is 17.7 Å². The van der Waals surface area contributed by atoms with E-state index in [0.29, 0.717) is 17.1 Å². The number of rotatable bonds is 4. The maximum atomic E-state index is 10.2. The molecule has 2 aromatic heterocycles. The van der Waals surface area contributed by atoms with Crippen molar-refractivity contribution in [3.8, 4) is 11.4 Å². The molecule has 0 aliphatic heterocycles. The van der Waals surface area contributed by atoms with Gasteiger partial charge in [0.1, 0.15) is 6.10 Å². The van der Waals surface area contributed by atoms with E-state index in [1.165, 1.54) is 0 Å². The number of aromatic nitrogens is 3. The zero-order valence-corrected chi connectivity index (χ0v) is 11.2. The summed E-state index contributed by atoms with van der Waals surface area (Å²) in [6.07, 6.45) is 0.630. The first kappa shape index (κ1) is 13.2. The average molecular weight is 279 g/mol. The van der Waals surface area contributed by atoms with Crippen LogP contribution in [0.5, 0.6) is 0 Å². The third-order valence-corrected chi connectivity index (χ3v) is 3.03. The summed E-state index contributed by atoms with van der Waals surface area (Å²) in [5, 5.41) is 14.1. The molecule has 0 aliphatic carbocycles. The molecule has 21 heavy (non-hydrogen) atoms. The molecule has 5 nitrogen and oxygen atoms in total. The van der Waals surface area contributed by atoms with E-state index in [1.54, 1.807) is 24.4 Å². The highest BCUT2D eigenvalue weighted by atomic mass is 16.5. The van der Waals surface area contributed by atoms with Crippen LogP contribution in [0.15, 0.2) is 65.8 Å². The van der Waals surface area contributed by atoms with Gasteiger partial charge < -0.3 is 9.63 Å². The van der Waals surface area contributed by atoms with Crippen molar-refractivity contribution in [2.75, 3.05) is 0 Å². The van der Waals surface area contributed by atoms with Crippen LogP contribution in [0.4, 0.5) is 0 Å². The molecule has 0 radical (unpaired) electrons. The largest absolute Gasteiger partial charge is 0.382 e. The van der Waals surface area contributed by atoms with Crippen molar-refractivity contribution in [3.63, 3.8) is 0 Å². The van der Waals surface area contributed by atoms with Gasteiger partial charge in [0.05, 0.1) is 5.69 Å². The van der Waals surface area contributed by atoms with Crippen LogP contribution < -0.4 is 0 Å². The topological polar surface area (TPSA) is 72.0 Å². The summed E-state index contributed by atoms with van der Waals surface area (Å²) in [6, 6.07) is 14.7. The Hall–Kier alpha value is -2.79. The Morgan fingerprint density at radius 3 is 2.57 bits per heavy atom. The Balaban J connectivity index is 1.85. The molecule has 3 aromatic rings. The highest BCUT2D eigenvalue weighted by Gasteiger charge is 2.20. The quantitative estimate of drug-likeness (QED) is 0.795. The first-order valence-corrected chi connectivity index (χ1v) is 6.43. The van der Waals surface area contributed by atoms with Crippen LogP contribution in [0.25, 0.3) is 17.0 Å². The molecule has 1 aromatic carbocycles. The fourth-order valence-corrected chi connectivity index (χ4v) is 1.89. The number of aliphatic hydroxyl groups excluding tert-OH is 1. The molecule has 0 spiro atoms. The number of aliphatic hydroxyl groups is 1. The van der Waals surface area contributed by atoms with Crippen molar-refractivity contribution in [1.29, 1.82) is 0 Å². The smallest absolute Gasteiger partial charge is 0.256 e. The number of benzene rings is 1. The Bertz CT molecular complexity index is 738. The SMILES string of the molecule is C=C(c1nc(-c2ccccc2)no1)C(O)c1ccccn1. The predicted molar refractivity (Wildman–Crippen MR) is 78.0 cm³/mol. The third-order valence-electron chi connectivity index (χ3n) is 3.03. The molecule has 1 N–H and O–H groups in total. The molecular formula is C16H13N3O2. The number of hydrogen-bond acceptors (Lipinski definition) is 5.